The van der Waals surface area contributed by atoms with Gasteiger partial charge in [0.15, 0.2) is 6.10 Å². The van der Waals surface area contributed by atoms with Crippen molar-refractivity contribution in [2.24, 2.45) is 0 Å². The molecular formula is C14H21BrN2O2. The number of ether oxygens (including phenoxy) is 1. The van der Waals surface area contributed by atoms with Crippen molar-refractivity contribution in [1.82, 2.24) is 10.6 Å². The first kappa shape index (κ1) is 16.0. The number of nitrogens with one attached hydrogen (secondary N) is 2. The quantitative estimate of drug-likeness (QED) is 0.720. The summed E-state index contributed by atoms with van der Waals surface area (Å²) in [7, 11) is 0. The highest BCUT2D eigenvalue weighted by atomic mass is 79.9. The first-order chi connectivity index (χ1) is 9.13. The molecule has 0 spiro atoms. The van der Waals surface area contributed by atoms with E-state index in [2.05, 4.69) is 33.5 Å². The van der Waals surface area contributed by atoms with Gasteiger partial charge in [0.05, 0.1) is 0 Å². The number of halogens is 1. The highest BCUT2D eigenvalue weighted by Gasteiger charge is 2.13. The van der Waals surface area contributed by atoms with Crippen LogP contribution in [0.5, 0.6) is 5.75 Å². The third-order valence-electron chi connectivity index (χ3n) is 2.51. The Kier molecular flexibility index (Phi) is 7.52. The molecule has 0 aliphatic rings. The van der Waals surface area contributed by atoms with Crippen LogP contribution in [0.15, 0.2) is 28.7 Å². The molecule has 1 unspecified atom stereocenters. The number of carbonyl (C=O) groups excluding carboxylic acids is 1. The molecule has 106 valence electrons. The molecule has 1 amide bonds. The molecule has 0 saturated heterocycles. The Morgan fingerprint density at radius 1 is 1.37 bits per heavy atom. The maximum absolute atomic E-state index is 11.8. The zero-order chi connectivity index (χ0) is 14.1. The molecular weight excluding hydrogens is 308 g/mol. The minimum atomic E-state index is -0.500. The summed E-state index contributed by atoms with van der Waals surface area (Å²) in [6, 6.07) is 7.46. The Balaban J connectivity index is 2.28. The molecule has 0 bridgehead atoms. The normalized spacial score (nSPS) is 11.9. The fraction of sp³-hybridized carbons (Fsp3) is 0.500. The minimum absolute atomic E-state index is 0.0988. The number of benzene rings is 1. The van der Waals surface area contributed by atoms with Crippen molar-refractivity contribution in [2.45, 2.75) is 26.4 Å². The molecule has 1 aromatic carbocycles. The van der Waals surface area contributed by atoms with Crippen LogP contribution in [0.3, 0.4) is 0 Å². The van der Waals surface area contributed by atoms with Crippen LogP contribution in [0.2, 0.25) is 0 Å². The van der Waals surface area contributed by atoms with E-state index >= 15 is 0 Å². The van der Waals surface area contributed by atoms with Gasteiger partial charge in [0, 0.05) is 17.6 Å². The molecule has 1 rings (SSSR count). The molecule has 0 fully saturated rings. The standard InChI is InChI=1S/C14H21BrN2O2/c1-3-7-16-8-9-17-14(18)11(2)19-13-6-4-5-12(15)10-13/h4-6,10-11,16H,3,7-9H2,1-2H3,(H,17,18). The Morgan fingerprint density at radius 3 is 2.84 bits per heavy atom. The minimum Gasteiger partial charge on any atom is -0.481 e. The highest BCUT2D eigenvalue weighted by molar-refractivity contribution is 9.10. The number of hydrogen-bond acceptors (Lipinski definition) is 3. The third-order valence-corrected chi connectivity index (χ3v) is 3.00. The molecule has 0 radical (unpaired) electrons. The lowest BCUT2D eigenvalue weighted by atomic mass is 10.3. The Bertz CT molecular complexity index is 399. The van der Waals surface area contributed by atoms with Crippen molar-refractivity contribution in [3.05, 3.63) is 28.7 Å². The molecule has 1 aromatic rings. The predicted octanol–water partition coefficient (Wildman–Crippen LogP) is 2.33. The summed E-state index contributed by atoms with van der Waals surface area (Å²) >= 11 is 3.37. The average Bonchev–Trinajstić information content (AvgIpc) is 2.38. The second-order valence-corrected chi connectivity index (χ2v) is 5.17. The van der Waals surface area contributed by atoms with Gasteiger partial charge in [0.1, 0.15) is 5.75 Å². The van der Waals surface area contributed by atoms with Crippen molar-refractivity contribution >= 4 is 21.8 Å². The molecule has 4 nitrogen and oxygen atoms in total. The third kappa shape index (κ3) is 6.59. The number of rotatable bonds is 8. The summed E-state index contributed by atoms with van der Waals surface area (Å²) in [6.07, 6.45) is 0.594. The van der Waals surface area contributed by atoms with Gasteiger partial charge in [-0.3, -0.25) is 4.79 Å². The van der Waals surface area contributed by atoms with E-state index < -0.39 is 6.10 Å². The zero-order valence-corrected chi connectivity index (χ0v) is 13.0. The Morgan fingerprint density at radius 2 is 2.16 bits per heavy atom. The van der Waals surface area contributed by atoms with Gasteiger partial charge in [-0.2, -0.15) is 0 Å². The molecule has 0 heterocycles. The largest absolute Gasteiger partial charge is 0.481 e. The number of amides is 1. The SMILES string of the molecule is CCCNCCNC(=O)C(C)Oc1cccc(Br)c1. The molecule has 19 heavy (non-hydrogen) atoms. The van der Waals surface area contributed by atoms with Crippen molar-refractivity contribution in [3.8, 4) is 5.75 Å². The second-order valence-electron chi connectivity index (χ2n) is 4.26. The van der Waals surface area contributed by atoms with Gasteiger partial charge in [-0.15, -0.1) is 0 Å². The van der Waals surface area contributed by atoms with E-state index in [9.17, 15) is 4.79 Å². The molecule has 0 aliphatic carbocycles. The van der Waals surface area contributed by atoms with Gasteiger partial charge in [0.2, 0.25) is 0 Å². The molecule has 0 saturated carbocycles. The summed E-state index contributed by atoms with van der Waals surface area (Å²) in [5.74, 6) is 0.583. The van der Waals surface area contributed by atoms with Crippen molar-refractivity contribution in [3.63, 3.8) is 0 Å². The molecule has 0 aliphatic heterocycles. The maximum atomic E-state index is 11.8. The van der Waals surface area contributed by atoms with Crippen LogP contribution >= 0.6 is 15.9 Å². The van der Waals surface area contributed by atoms with Gasteiger partial charge in [-0.05, 0) is 38.1 Å². The molecule has 5 heteroatoms. The van der Waals surface area contributed by atoms with Crippen molar-refractivity contribution < 1.29 is 9.53 Å². The van der Waals surface area contributed by atoms with Gasteiger partial charge in [-0.1, -0.05) is 28.9 Å². The van der Waals surface area contributed by atoms with E-state index in [0.717, 1.165) is 24.0 Å². The molecule has 1 atom stereocenters. The van der Waals surface area contributed by atoms with E-state index in [1.807, 2.05) is 24.3 Å². The molecule has 0 aromatic heterocycles. The van der Waals surface area contributed by atoms with Crippen LogP contribution in [-0.2, 0) is 4.79 Å². The summed E-state index contributed by atoms with van der Waals surface area (Å²) in [5.41, 5.74) is 0. The van der Waals surface area contributed by atoms with Gasteiger partial charge < -0.3 is 15.4 Å². The fourth-order valence-corrected chi connectivity index (χ4v) is 1.90. The smallest absolute Gasteiger partial charge is 0.260 e. The van der Waals surface area contributed by atoms with Crippen LogP contribution < -0.4 is 15.4 Å². The second kappa shape index (κ2) is 8.93. The number of hydrogen-bond donors (Lipinski definition) is 2. The van der Waals surface area contributed by atoms with E-state index in [4.69, 9.17) is 4.74 Å². The van der Waals surface area contributed by atoms with Crippen molar-refractivity contribution in [1.29, 1.82) is 0 Å². The monoisotopic (exact) mass is 328 g/mol. The first-order valence-electron chi connectivity index (χ1n) is 6.54. The van der Waals surface area contributed by atoms with E-state index in [1.165, 1.54) is 0 Å². The summed E-state index contributed by atoms with van der Waals surface area (Å²) in [6.45, 7) is 6.23. The average molecular weight is 329 g/mol. The van der Waals surface area contributed by atoms with E-state index in [0.29, 0.717) is 12.3 Å². The lowest BCUT2D eigenvalue weighted by molar-refractivity contribution is -0.127. The van der Waals surface area contributed by atoms with Gasteiger partial charge in [-0.25, -0.2) is 0 Å². The molecule has 2 N–H and O–H groups in total. The predicted molar refractivity (Wildman–Crippen MR) is 80.4 cm³/mol. The van der Waals surface area contributed by atoms with Crippen LogP contribution in [0.4, 0.5) is 0 Å². The maximum Gasteiger partial charge on any atom is 0.260 e. The van der Waals surface area contributed by atoms with E-state index in [-0.39, 0.29) is 5.91 Å². The van der Waals surface area contributed by atoms with Gasteiger partial charge in [0.25, 0.3) is 5.91 Å². The van der Waals surface area contributed by atoms with Crippen molar-refractivity contribution in [2.75, 3.05) is 19.6 Å². The van der Waals surface area contributed by atoms with E-state index in [1.54, 1.807) is 6.92 Å². The summed E-state index contributed by atoms with van der Waals surface area (Å²) < 4.78 is 6.50. The first-order valence-corrected chi connectivity index (χ1v) is 7.33. The Labute approximate surface area is 123 Å². The van der Waals surface area contributed by atoms with Gasteiger partial charge >= 0.3 is 0 Å². The number of carbonyl (C=O) groups is 1. The fourth-order valence-electron chi connectivity index (χ4n) is 1.52. The van der Waals surface area contributed by atoms with Crippen LogP contribution in [0, 0.1) is 0 Å². The highest BCUT2D eigenvalue weighted by Crippen LogP contribution is 2.18. The lowest BCUT2D eigenvalue weighted by Gasteiger charge is -2.15. The summed E-state index contributed by atoms with van der Waals surface area (Å²) in [5, 5.41) is 6.06. The zero-order valence-electron chi connectivity index (χ0n) is 11.4. The lowest BCUT2D eigenvalue weighted by Crippen LogP contribution is -2.39. The van der Waals surface area contributed by atoms with Crippen LogP contribution in [-0.4, -0.2) is 31.6 Å². The summed E-state index contributed by atoms with van der Waals surface area (Å²) in [4.78, 5) is 11.8. The topological polar surface area (TPSA) is 50.4 Å². The van der Waals surface area contributed by atoms with Crippen LogP contribution in [0.1, 0.15) is 20.3 Å². The Hall–Kier alpha value is -1.07. The van der Waals surface area contributed by atoms with Crippen LogP contribution in [0.25, 0.3) is 0 Å².